The molecule has 1 aliphatic rings. The highest BCUT2D eigenvalue weighted by Gasteiger charge is 2.27. The Morgan fingerprint density at radius 2 is 1.78 bits per heavy atom. The normalized spacial score (nSPS) is 14.1. The largest absolute Gasteiger partial charge is 0.497 e. The Morgan fingerprint density at radius 1 is 1.08 bits per heavy atom. The number of carboxylic acid groups (broad SMARTS) is 1. The Kier molecular flexibility index (Phi) is 6.83. The zero-order valence-corrected chi connectivity index (χ0v) is 20.7. The Labute approximate surface area is 212 Å². The number of aliphatic carboxylic acids is 1. The molecule has 4 rings (SSSR count). The maximum atomic E-state index is 12.7. The average Bonchev–Trinajstić information content (AvgIpc) is 3.32. The van der Waals surface area contributed by atoms with Crippen LogP contribution in [0.4, 0.5) is 16.2 Å². The number of H-pyrrole nitrogens is 1. The van der Waals surface area contributed by atoms with Gasteiger partial charge in [0.1, 0.15) is 5.75 Å². The molecule has 0 fully saturated rings. The molecule has 2 aromatic carbocycles. The van der Waals surface area contributed by atoms with Gasteiger partial charge in [-0.05, 0) is 74.4 Å². The van der Waals surface area contributed by atoms with Gasteiger partial charge >= 0.3 is 12.0 Å². The number of ether oxygens (including phenoxy) is 1. The summed E-state index contributed by atoms with van der Waals surface area (Å²) >= 11 is 0. The zero-order valence-electron chi connectivity index (χ0n) is 20.7. The van der Waals surface area contributed by atoms with Gasteiger partial charge in [-0.3, -0.25) is 19.7 Å². The molecule has 10 heteroatoms. The van der Waals surface area contributed by atoms with Crippen LogP contribution in [-0.2, 0) is 9.59 Å². The van der Waals surface area contributed by atoms with E-state index in [0.29, 0.717) is 45.1 Å². The lowest BCUT2D eigenvalue weighted by Gasteiger charge is -2.09. The molecule has 3 aromatic rings. The fraction of sp³-hybridized carbons (Fsp3) is 0.185. The molecule has 4 amide bonds. The van der Waals surface area contributed by atoms with Crippen molar-refractivity contribution in [2.24, 2.45) is 0 Å². The van der Waals surface area contributed by atoms with E-state index in [2.05, 4.69) is 20.9 Å². The van der Waals surface area contributed by atoms with Crippen molar-refractivity contribution in [2.45, 2.75) is 26.7 Å². The number of nitrogens with one attached hydrogen (secondary N) is 4. The summed E-state index contributed by atoms with van der Waals surface area (Å²) in [5.41, 5.74) is 5.03. The number of carboxylic acids is 1. The molecule has 190 valence electrons. The molecule has 0 aliphatic carbocycles. The van der Waals surface area contributed by atoms with Crippen LogP contribution in [0.5, 0.6) is 5.75 Å². The second-order valence-corrected chi connectivity index (χ2v) is 8.67. The van der Waals surface area contributed by atoms with Gasteiger partial charge in [0.05, 0.1) is 24.3 Å². The van der Waals surface area contributed by atoms with E-state index >= 15 is 0 Å². The van der Waals surface area contributed by atoms with Gasteiger partial charge in [-0.15, -0.1) is 0 Å². The van der Waals surface area contributed by atoms with Crippen LogP contribution in [0.3, 0.4) is 0 Å². The number of urea groups is 1. The Hall–Kier alpha value is -4.86. The number of hydrogen-bond donors (Lipinski definition) is 5. The number of anilines is 2. The van der Waals surface area contributed by atoms with Crippen LogP contribution in [0.25, 0.3) is 11.6 Å². The first-order valence-corrected chi connectivity index (χ1v) is 11.4. The van der Waals surface area contributed by atoms with E-state index in [4.69, 9.17) is 4.74 Å². The number of hydrogen-bond acceptors (Lipinski definition) is 5. The van der Waals surface area contributed by atoms with Gasteiger partial charge in [0.15, 0.2) is 0 Å². The monoisotopic (exact) mass is 502 g/mol. The molecular formula is C27H26N4O6. The van der Waals surface area contributed by atoms with Gasteiger partial charge < -0.3 is 25.5 Å². The fourth-order valence-corrected chi connectivity index (χ4v) is 4.35. The van der Waals surface area contributed by atoms with Crippen molar-refractivity contribution in [1.82, 2.24) is 10.3 Å². The summed E-state index contributed by atoms with van der Waals surface area (Å²) in [6.07, 6.45) is 1.69. The number of carbonyl (C=O) groups is 4. The molecule has 37 heavy (non-hydrogen) atoms. The zero-order chi connectivity index (χ0) is 26.9. The lowest BCUT2D eigenvalue weighted by molar-refractivity contribution is -0.138. The minimum atomic E-state index is -0.928. The molecule has 10 nitrogen and oxygen atoms in total. The summed E-state index contributed by atoms with van der Waals surface area (Å²) in [5.74, 6) is -1.93. The van der Waals surface area contributed by atoms with Crippen molar-refractivity contribution in [3.63, 3.8) is 0 Å². The molecule has 5 N–H and O–H groups in total. The van der Waals surface area contributed by atoms with Gasteiger partial charge in [-0.2, -0.15) is 0 Å². The standard InChI is InChI=1S/C27H26N4O6/c1-13-21(28-15(3)23(13)14(2)26(34)35)12-20-19-10-7-17(11-22(19)30-25(20)33)29-27(36)31-24(32)16-5-8-18(37-4)9-6-16/h5-12,14,28H,1-4H3,(H,30,33)(H,34,35)(H2,29,31,32,36). The number of aromatic amines is 1. The molecule has 1 unspecified atom stereocenters. The van der Waals surface area contributed by atoms with Gasteiger partial charge in [-0.25, -0.2) is 4.79 Å². The second-order valence-electron chi connectivity index (χ2n) is 8.67. The summed E-state index contributed by atoms with van der Waals surface area (Å²) in [6, 6.07) is 10.5. The van der Waals surface area contributed by atoms with Gasteiger partial charge in [0.25, 0.3) is 11.8 Å². The highest BCUT2D eigenvalue weighted by atomic mass is 16.5. The van der Waals surface area contributed by atoms with E-state index in [1.165, 1.54) is 7.11 Å². The van der Waals surface area contributed by atoms with Gasteiger partial charge in [0.2, 0.25) is 0 Å². The first kappa shape index (κ1) is 25.2. The first-order chi connectivity index (χ1) is 17.6. The number of benzene rings is 2. The number of carbonyl (C=O) groups excluding carboxylic acids is 3. The first-order valence-electron chi connectivity index (χ1n) is 11.4. The van der Waals surface area contributed by atoms with Crippen LogP contribution in [0.2, 0.25) is 0 Å². The highest BCUT2D eigenvalue weighted by Crippen LogP contribution is 2.36. The highest BCUT2D eigenvalue weighted by molar-refractivity contribution is 6.35. The number of aryl methyl sites for hydroxylation is 1. The Bertz CT molecular complexity index is 1450. The number of imide groups is 1. The molecule has 1 aromatic heterocycles. The van der Waals surface area contributed by atoms with Crippen molar-refractivity contribution in [3.8, 4) is 5.75 Å². The van der Waals surface area contributed by atoms with Crippen LogP contribution in [0.15, 0.2) is 42.5 Å². The van der Waals surface area contributed by atoms with E-state index < -0.39 is 23.8 Å². The van der Waals surface area contributed by atoms with Crippen LogP contribution in [0, 0.1) is 13.8 Å². The van der Waals surface area contributed by atoms with E-state index in [1.54, 1.807) is 62.4 Å². The Balaban J connectivity index is 1.51. The summed E-state index contributed by atoms with van der Waals surface area (Å²) in [6.45, 7) is 5.24. The van der Waals surface area contributed by atoms with Crippen LogP contribution >= 0.6 is 0 Å². The number of amides is 4. The molecular weight excluding hydrogens is 476 g/mol. The summed E-state index contributed by atoms with van der Waals surface area (Å²) in [7, 11) is 1.51. The minimum Gasteiger partial charge on any atom is -0.497 e. The third kappa shape index (κ3) is 5.08. The number of methoxy groups -OCH3 is 1. The number of aromatic nitrogens is 1. The van der Waals surface area contributed by atoms with E-state index in [9.17, 15) is 24.3 Å². The fourth-order valence-electron chi connectivity index (χ4n) is 4.35. The third-order valence-electron chi connectivity index (χ3n) is 6.27. The molecule has 0 bridgehead atoms. The van der Waals surface area contributed by atoms with E-state index in [-0.39, 0.29) is 5.91 Å². The third-order valence-corrected chi connectivity index (χ3v) is 6.27. The summed E-state index contributed by atoms with van der Waals surface area (Å²) in [4.78, 5) is 52.0. The Morgan fingerprint density at radius 3 is 2.43 bits per heavy atom. The van der Waals surface area contributed by atoms with Gasteiger partial charge in [0, 0.05) is 28.2 Å². The van der Waals surface area contributed by atoms with Crippen molar-refractivity contribution in [2.75, 3.05) is 17.7 Å². The van der Waals surface area contributed by atoms with Crippen LogP contribution < -0.4 is 20.7 Å². The van der Waals surface area contributed by atoms with E-state index in [1.807, 2.05) is 6.92 Å². The van der Waals surface area contributed by atoms with Crippen LogP contribution in [0.1, 0.15) is 51.3 Å². The summed E-state index contributed by atoms with van der Waals surface area (Å²) in [5, 5.41) is 17.0. The number of fused-ring (bicyclic) bond motifs is 1. The van der Waals surface area contributed by atoms with Crippen LogP contribution in [-0.4, -0.2) is 41.0 Å². The molecule has 1 aliphatic heterocycles. The van der Waals surface area contributed by atoms with Crippen molar-refractivity contribution in [1.29, 1.82) is 0 Å². The molecule has 2 heterocycles. The molecule has 0 radical (unpaired) electrons. The van der Waals surface area contributed by atoms with Crippen molar-refractivity contribution in [3.05, 3.63) is 76.1 Å². The SMILES string of the molecule is COc1ccc(C(=O)NC(=O)Nc2ccc3c(c2)NC(=O)C3=Cc2[nH]c(C)c(C(C)C(=O)O)c2C)cc1. The van der Waals surface area contributed by atoms with Crippen molar-refractivity contribution >= 4 is 46.8 Å². The topological polar surface area (TPSA) is 150 Å². The van der Waals surface area contributed by atoms with Gasteiger partial charge in [-0.1, -0.05) is 6.07 Å². The maximum absolute atomic E-state index is 12.7. The minimum absolute atomic E-state index is 0.294. The lowest BCUT2D eigenvalue weighted by atomic mass is 9.96. The summed E-state index contributed by atoms with van der Waals surface area (Å²) < 4.78 is 5.06. The van der Waals surface area contributed by atoms with Crippen molar-refractivity contribution < 1.29 is 29.0 Å². The smallest absolute Gasteiger partial charge is 0.326 e. The molecule has 0 saturated carbocycles. The average molecular weight is 503 g/mol. The molecule has 1 atom stereocenters. The quantitative estimate of drug-likeness (QED) is 0.318. The predicted octanol–water partition coefficient (Wildman–Crippen LogP) is 4.28. The number of rotatable bonds is 6. The molecule has 0 saturated heterocycles. The predicted molar refractivity (Wildman–Crippen MR) is 139 cm³/mol. The molecule has 0 spiro atoms. The second kappa shape index (κ2) is 10.0. The van der Waals surface area contributed by atoms with E-state index in [0.717, 1.165) is 11.3 Å². The maximum Gasteiger partial charge on any atom is 0.326 e. The lowest BCUT2D eigenvalue weighted by Crippen LogP contribution is -2.34.